The monoisotopic (exact) mass is 432 g/mol. The fraction of sp³-hybridized carbons (Fsp3) is 0.526. The van der Waals surface area contributed by atoms with Crippen LogP contribution < -0.4 is 4.74 Å². The van der Waals surface area contributed by atoms with Gasteiger partial charge in [-0.25, -0.2) is 0 Å². The third-order valence-electron chi connectivity index (χ3n) is 5.02. The summed E-state index contributed by atoms with van der Waals surface area (Å²) in [5.74, 6) is -0.483. The Kier molecular flexibility index (Phi) is 6.68. The van der Waals surface area contributed by atoms with Crippen molar-refractivity contribution in [3.05, 3.63) is 46.6 Å². The van der Waals surface area contributed by atoms with E-state index in [4.69, 9.17) is 14.6 Å². The number of hydrogen-bond donors (Lipinski definition) is 5. The van der Waals surface area contributed by atoms with E-state index in [0.29, 0.717) is 5.56 Å². The van der Waals surface area contributed by atoms with Crippen LogP contribution in [0.5, 0.6) is 5.88 Å². The molecule has 30 heavy (non-hydrogen) atoms. The number of aliphatic hydroxyl groups excluding tert-OH is 4. The van der Waals surface area contributed by atoms with Gasteiger partial charge < -0.3 is 29.9 Å². The van der Waals surface area contributed by atoms with E-state index < -0.39 is 55.1 Å². The maximum absolute atomic E-state index is 13.5. The summed E-state index contributed by atoms with van der Waals surface area (Å²) in [4.78, 5) is 0. The molecule has 0 unspecified atom stereocenters. The number of nitrogens with one attached hydrogen (secondary N) is 1. The zero-order valence-electron chi connectivity index (χ0n) is 16.0. The Morgan fingerprint density at radius 1 is 1.10 bits per heavy atom. The van der Waals surface area contributed by atoms with Crippen LogP contribution in [0.4, 0.5) is 13.2 Å². The van der Waals surface area contributed by atoms with E-state index in [1.54, 1.807) is 24.3 Å². The first-order chi connectivity index (χ1) is 14.2. The average Bonchev–Trinajstić information content (AvgIpc) is 3.11. The molecule has 0 spiro atoms. The van der Waals surface area contributed by atoms with Gasteiger partial charge in [0, 0.05) is 6.42 Å². The number of nitrogens with zero attached hydrogens (tertiary/aromatic N) is 1. The number of rotatable bonds is 6. The molecular weight excluding hydrogens is 409 g/mol. The number of alkyl halides is 3. The summed E-state index contributed by atoms with van der Waals surface area (Å²) in [7, 11) is 0. The minimum absolute atomic E-state index is 0.174. The second-order valence-corrected chi connectivity index (χ2v) is 7.04. The van der Waals surface area contributed by atoms with E-state index in [1.165, 1.54) is 0 Å². The quantitative estimate of drug-likeness (QED) is 0.456. The topological polar surface area (TPSA) is 128 Å². The van der Waals surface area contributed by atoms with Crippen molar-refractivity contribution in [3.8, 4) is 5.88 Å². The molecule has 2 heterocycles. The van der Waals surface area contributed by atoms with Crippen LogP contribution in [-0.4, -0.2) is 67.9 Å². The predicted molar refractivity (Wildman–Crippen MR) is 96.6 cm³/mol. The fourth-order valence-electron chi connectivity index (χ4n) is 3.27. The van der Waals surface area contributed by atoms with E-state index in [2.05, 4.69) is 5.10 Å². The number of benzene rings is 1. The molecule has 11 heteroatoms. The van der Waals surface area contributed by atoms with Crippen molar-refractivity contribution in [2.24, 2.45) is 0 Å². The molecule has 1 aromatic heterocycles. The molecule has 1 aliphatic heterocycles. The lowest BCUT2D eigenvalue weighted by Crippen LogP contribution is -2.60. The summed E-state index contributed by atoms with van der Waals surface area (Å²) < 4.78 is 50.7. The molecule has 8 nitrogen and oxygen atoms in total. The van der Waals surface area contributed by atoms with Crippen LogP contribution in [0, 0.1) is 0 Å². The number of aliphatic hydroxyl groups is 4. The third-order valence-corrected chi connectivity index (χ3v) is 5.02. The normalized spacial score (nSPS) is 27.3. The summed E-state index contributed by atoms with van der Waals surface area (Å²) in [6.07, 6.45) is -12.2. The maximum atomic E-state index is 13.5. The van der Waals surface area contributed by atoms with E-state index in [-0.39, 0.29) is 12.0 Å². The Bertz CT molecular complexity index is 842. The largest absolute Gasteiger partial charge is 0.465 e. The van der Waals surface area contributed by atoms with Gasteiger partial charge in [0.25, 0.3) is 0 Å². The highest BCUT2D eigenvalue weighted by Crippen LogP contribution is 2.36. The minimum Gasteiger partial charge on any atom is -0.465 e. The number of H-pyrrole nitrogens is 1. The van der Waals surface area contributed by atoms with Crippen LogP contribution in [0.3, 0.4) is 0 Å². The van der Waals surface area contributed by atoms with Gasteiger partial charge in [-0.05, 0) is 17.5 Å². The fourth-order valence-corrected chi connectivity index (χ4v) is 3.27. The zero-order valence-corrected chi connectivity index (χ0v) is 16.0. The highest BCUT2D eigenvalue weighted by Gasteiger charge is 2.46. The Labute approximate surface area is 169 Å². The molecule has 1 fully saturated rings. The third kappa shape index (κ3) is 4.60. The summed E-state index contributed by atoms with van der Waals surface area (Å²) >= 11 is 0. The molecule has 0 radical (unpaired) electrons. The maximum Gasteiger partial charge on any atom is 0.433 e. The Balaban J connectivity index is 1.90. The van der Waals surface area contributed by atoms with Crippen molar-refractivity contribution in [2.45, 2.75) is 56.6 Å². The molecule has 1 saturated heterocycles. The smallest absolute Gasteiger partial charge is 0.433 e. The van der Waals surface area contributed by atoms with Crippen LogP contribution in [0.25, 0.3) is 0 Å². The molecule has 1 aromatic carbocycles. The molecule has 1 aliphatic rings. The van der Waals surface area contributed by atoms with Crippen molar-refractivity contribution in [2.75, 3.05) is 6.61 Å². The van der Waals surface area contributed by atoms with Crippen LogP contribution in [0.2, 0.25) is 0 Å². The van der Waals surface area contributed by atoms with Gasteiger partial charge in [-0.1, -0.05) is 31.2 Å². The molecule has 5 atom stereocenters. The molecule has 2 aromatic rings. The molecule has 0 bridgehead atoms. The Morgan fingerprint density at radius 3 is 2.30 bits per heavy atom. The lowest BCUT2D eigenvalue weighted by molar-refractivity contribution is -0.281. The molecule has 166 valence electrons. The minimum atomic E-state index is -4.74. The van der Waals surface area contributed by atoms with Crippen molar-refractivity contribution in [1.82, 2.24) is 10.2 Å². The standard InChI is InChI=1S/C19H23F3N2O6/c1-2-9-3-5-10(6-4-9)7-11-16(19(20,21)22)23-24-17(11)30-15-14(27)13(26)12(8-25)29-18(15)28/h3-6,12-15,18,25-28H,2,7-8H2,1H3,(H,23,24)/t12-,13-,14+,15-,18-/m1/s1. The van der Waals surface area contributed by atoms with Crippen LogP contribution in [0.15, 0.2) is 24.3 Å². The predicted octanol–water partition coefficient (Wildman–Crippen LogP) is 0.760. The highest BCUT2D eigenvalue weighted by molar-refractivity contribution is 5.38. The lowest BCUT2D eigenvalue weighted by atomic mass is 9.99. The van der Waals surface area contributed by atoms with Gasteiger partial charge >= 0.3 is 6.18 Å². The Hall–Kier alpha value is -2.18. The van der Waals surface area contributed by atoms with Gasteiger partial charge in [0.15, 0.2) is 12.4 Å². The number of hydrogen-bond acceptors (Lipinski definition) is 7. The van der Waals surface area contributed by atoms with E-state index in [1.807, 2.05) is 12.0 Å². The van der Waals surface area contributed by atoms with Gasteiger partial charge in [0.2, 0.25) is 5.88 Å². The van der Waals surface area contributed by atoms with Gasteiger partial charge in [0.1, 0.15) is 24.0 Å². The molecule has 3 rings (SSSR count). The zero-order chi connectivity index (χ0) is 22.1. The Morgan fingerprint density at radius 2 is 1.73 bits per heavy atom. The van der Waals surface area contributed by atoms with E-state index in [0.717, 1.165) is 12.0 Å². The number of aromatic nitrogens is 2. The summed E-state index contributed by atoms with van der Waals surface area (Å²) in [6.45, 7) is 1.28. The number of aryl methyl sites for hydroxylation is 1. The van der Waals surface area contributed by atoms with Crippen LogP contribution >= 0.6 is 0 Å². The van der Waals surface area contributed by atoms with Gasteiger partial charge in [0.05, 0.1) is 12.2 Å². The first-order valence-corrected chi connectivity index (χ1v) is 9.35. The lowest BCUT2D eigenvalue weighted by Gasteiger charge is -2.39. The van der Waals surface area contributed by atoms with Gasteiger partial charge in [-0.15, -0.1) is 5.10 Å². The first kappa shape index (κ1) is 22.5. The molecule has 0 aliphatic carbocycles. The SMILES string of the molecule is CCc1ccc(Cc2c(O[C@@H]3[C@@H](O)[C@H](O)[C@@H](CO)O[C@H]3O)n[nH]c2C(F)(F)F)cc1. The van der Waals surface area contributed by atoms with Crippen LogP contribution in [0.1, 0.15) is 29.3 Å². The number of halogens is 3. The molecular formula is C19H23F3N2O6. The van der Waals surface area contributed by atoms with E-state index in [9.17, 15) is 28.5 Å². The number of aromatic amines is 1. The van der Waals surface area contributed by atoms with E-state index >= 15 is 0 Å². The molecule has 5 N–H and O–H groups in total. The summed E-state index contributed by atoms with van der Waals surface area (Å²) in [6, 6.07) is 6.99. The van der Waals surface area contributed by atoms with Crippen molar-refractivity contribution in [1.29, 1.82) is 0 Å². The van der Waals surface area contributed by atoms with Crippen LogP contribution in [-0.2, 0) is 23.8 Å². The van der Waals surface area contributed by atoms with Gasteiger partial charge in [-0.3, -0.25) is 5.10 Å². The highest BCUT2D eigenvalue weighted by atomic mass is 19.4. The second-order valence-electron chi connectivity index (χ2n) is 7.04. The van der Waals surface area contributed by atoms with Crippen molar-refractivity contribution in [3.63, 3.8) is 0 Å². The summed E-state index contributed by atoms with van der Waals surface area (Å²) in [5, 5.41) is 44.8. The molecule has 0 amide bonds. The second kappa shape index (κ2) is 8.90. The average molecular weight is 432 g/mol. The summed E-state index contributed by atoms with van der Waals surface area (Å²) in [5.41, 5.74) is 0.165. The first-order valence-electron chi connectivity index (χ1n) is 9.35. The van der Waals surface area contributed by atoms with Gasteiger partial charge in [-0.2, -0.15) is 13.2 Å². The van der Waals surface area contributed by atoms with Crippen molar-refractivity contribution >= 4 is 0 Å². The molecule has 0 saturated carbocycles. The van der Waals surface area contributed by atoms with Crippen molar-refractivity contribution < 1.29 is 43.1 Å². The number of ether oxygens (including phenoxy) is 2.